The molecule has 22 heavy (non-hydrogen) atoms. The summed E-state index contributed by atoms with van der Waals surface area (Å²) in [5.74, 6) is 0.475. The lowest BCUT2D eigenvalue weighted by Gasteiger charge is -2.14. The molecule has 0 heterocycles. The molecule has 0 aliphatic rings. The maximum absolute atomic E-state index is 9.94. The second kappa shape index (κ2) is 6.22. The number of hydrogen-bond donors (Lipinski definition) is 4. The van der Waals surface area contributed by atoms with Crippen molar-refractivity contribution in [1.82, 2.24) is 0 Å². The maximum Gasteiger partial charge on any atom is 0.128 e. The van der Waals surface area contributed by atoms with Crippen LogP contribution in [0.15, 0.2) is 48.2 Å². The van der Waals surface area contributed by atoms with Crippen LogP contribution in [0.3, 0.4) is 0 Å². The number of rotatable bonds is 4. The third kappa shape index (κ3) is 3.03. The predicted octanol–water partition coefficient (Wildman–Crippen LogP) is 2.86. The van der Waals surface area contributed by atoms with Gasteiger partial charge >= 0.3 is 0 Å². The number of phenols is 2. The van der Waals surface area contributed by atoms with Crippen LogP contribution in [-0.2, 0) is 0 Å². The van der Waals surface area contributed by atoms with E-state index in [-0.39, 0.29) is 17.2 Å². The van der Waals surface area contributed by atoms with Crippen molar-refractivity contribution >= 4 is 11.3 Å². The van der Waals surface area contributed by atoms with Gasteiger partial charge in [-0.1, -0.05) is 12.1 Å². The Morgan fingerprint density at radius 1 is 1.09 bits per heavy atom. The summed E-state index contributed by atoms with van der Waals surface area (Å²) >= 11 is 0. The summed E-state index contributed by atoms with van der Waals surface area (Å²) in [6, 6.07) is 11.3. The topological polar surface area (TPSA) is 99.6 Å². The number of benzene rings is 2. The van der Waals surface area contributed by atoms with E-state index in [9.17, 15) is 10.2 Å². The van der Waals surface area contributed by atoms with Gasteiger partial charge in [0.1, 0.15) is 17.2 Å². The molecule has 0 spiro atoms. The summed E-state index contributed by atoms with van der Waals surface area (Å²) in [5.41, 5.74) is 8.05. The van der Waals surface area contributed by atoms with Crippen LogP contribution in [-0.4, -0.2) is 23.0 Å². The van der Waals surface area contributed by atoms with Crippen molar-refractivity contribution in [3.05, 3.63) is 59.3 Å². The fourth-order valence-corrected chi connectivity index (χ4v) is 2.19. The van der Waals surface area contributed by atoms with Gasteiger partial charge in [-0.25, -0.2) is 0 Å². The summed E-state index contributed by atoms with van der Waals surface area (Å²) in [5, 5.41) is 27.7. The first kappa shape index (κ1) is 15.4. The molecule has 0 radical (unpaired) electrons. The molecule has 0 unspecified atom stereocenters. The number of allylic oxidation sites excluding steroid dienone is 2. The molecule has 0 aliphatic heterocycles. The number of nitrogens with one attached hydrogen (secondary N) is 1. The normalized spacial score (nSPS) is 11.7. The molecule has 5 N–H and O–H groups in total. The number of phenolic OH excluding ortho intramolecular Hbond substituents is 2. The van der Waals surface area contributed by atoms with E-state index in [1.165, 1.54) is 18.2 Å². The molecule has 2 aromatic rings. The van der Waals surface area contributed by atoms with Gasteiger partial charge in [0, 0.05) is 22.9 Å². The molecule has 5 nitrogen and oxygen atoms in total. The van der Waals surface area contributed by atoms with Crippen molar-refractivity contribution in [2.45, 2.75) is 6.92 Å². The Hall–Kier alpha value is -2.95. The molecule has 2 rings (SSSR count). The van der Waals surface area contributed by atoms with Crippen LogP contribution in [0.25, 0.3) is 5.57 Å². The van der Waals surface area contributed by atoms with Gasteiger partial charge in [0.2, 0.25) is 0 Å². The molecule has 114 valence electrons. The Bertz CT molecular complexity index is 730. The van der Waals surface area contributed by atoms with Gasteiger partial charge in [0.25, 0.3) is 0 Å². The molecular weight excluding hydrogens is 280 g/mol. The average molecular weight is 298 g/mol. The smallest absolute Gasteiger partial charge is 0.128 e. The van der Waals surface area contributed by atoms with Crippen molar-refractivity contribution in [2.24, 2.45) is 5.73 Å². The Kier molecular flexibility index (Phi) is 4.36. The largest absolute Gasteiger partial charge is 0.508 e. The average Bonchev–Trinajstić information content (AvgIpc) is 2.47. The molecular formula is C17H18N2O3. The predicted molar refractivity (Wildman–Crippen MR) is 86.4 cm³/mol. The van der Waals surface area contributed by atoms with Gasteiger partial charge in [0.05, 0.1) is 12.8 Å². The molecule has 0 aliphatic carbocycles. The highest BCUT2D eigenvalue weighted by Gasteiger charge is 2.16. The third-order valence-corrected chi connectivity index (χ3v) is 3.27. The number of nitrogens with two attached hydrogens (primary N) is 1. The van der Waals surface area contributed by atoms with E-state index < -0.39 is 0 Å². The monoisotopic (exact) mass is 298 g/mol. The van der Waals surface area contributed by atoms with Crippen molar-refractivity contribution in [3.63, 3.8) is 0 Å². The molecule has 0 bridgehead atoms. The van der Waals surface area contributed by atoms with E-state index in [0.717, 1.165) is 5.56 Å². The summed E-state index contributed by atoms with van der Waals surface area (Å²) in [6.07, 6.45) is 0. The fourth-order valence-electron chi connectivity index (χ4n) is 2.19. The third-order valence-electron chi connectivity index (χ3n) is 3.27. The van der Waals surface area contributed by atoms with Crippen LogP contribution in [0.5, 0.6) is 17.2 Å². The lowest BCUT2D eigenvalue weighted by atomic mass is 9.94. The SMILES string of the molecule is COc1ccc(/C(C(=N)c2ccc(O)cc2O)=C(\C)N)cc1. The van der Waals surface area contributed by atoms with Crippen molar-refractivity contribution in [2.75, 3.05) is 7.11 Å². The second-order valence-electron chi connectivity index (χ2n) is 4.86. The number of methoxy groups -OCH3 is 1. The van der Waals surface area contributed by atoms with E-state index in [1.807, 2.05) is 0 Å². The highest BCUT2D eigenvalue weighted by atomic mass is 16.5. The van der Waals surface area contributed by atoms with Crippen LogP contribution >= 0.6 is 0 Å². The lowest BCUT2D eigenvalue weighted by molar-refractivity contribution is 0.415. The summed E-state index contributed by atoms with van der Waals surface area (Å²) in [6.45, 7) is 1.70. The van der Waals surface area contributed by atoms with Gasteiger partial charge in [-0.3, -0.25) is 5.41 Å². The quantitative estimate of drug-likeness (QED) is 0.652. The highest BCUT2D eigenvalue weighted by Crippen LogP contribution is 2.29. The standard InChI is InChI=1S/C17H18N2O3/c1-10(18)16(11-3-6-13(22-2)7-4-11)17(19)14-8-5-12(20)9-15(14)21/h3-9,19-21H,18H2,1-2H3/b16-10-,19-17?. The molecule has 0 saturated heterocycles. The first-order chi connectivity index (χ1) is 10.4. The van der Waals surface area contributed by atoms with Crippen molar-refractivity contribution in [1.29, 1.82) is 5.41 Å². The minimum atomic E-state index is -0.169. The number of hydrogen-bond acceptors (Lipinski definition) is 5. The lowest BCUT2D eigenvalue weighted by Crippen LogP contribution is -2.09. The summed E-state index contributed by atoms with van der Waals surface area (Å²) in [7, 11) is 1.58. The molecule has 0 saturated carbocycles. The molecule has 0 atom stereocenters. The van der Waals surface area contributed by atoms with E-state index >= 15 is 0 Å². The van der Waals surface area contributed by atoms with Crippen LogP contribution in [0.1, 0.15) is 18.1 Å². The molecule has 0 amide bonds. The molecule has 5 heteroatoms. The Labute approximate surface area is 128 Å². The zero-order valence-corrected chi connectivity index (χ0v) is 12.4. The first-order valence-corrected chi connectivity index (χ1v) is 6.66. The van der Waals surface area contributed by atoms with Gasteiger partial charge in [-0.2, -0.15) is 0 Å². The Balaban J connectivity index is 2.48. The maximum atomic E-state index is 9.94. The Morgan fingerprint density at radius 3 is 2.23 bits per heavy atom. The van der Waals surface area contributed by atoms with E-state index in [1.54, 1.807) is 38.3 Å². The zero-order chi connectivity index (χ0) is 16.3. The molecule has 2 aromatic carbocycles. The van der Waals surface area contributed by atoms with Crippen LogP contribution in [0, 0.1) is 5.41 Å². The van der Waals surface area contributed by atoms with Crippen LogP contribution in [0.2, 0.25) is 0 Å². The summed E-state index contributed by atoms with van der Waals surface area (Å²) < 4.78 is 5.12. The molecule has 0 fully saturated rings. The number of ether oxygens (including phenoxy) is 1. The van der Waals surface area contributed by atoms with Crippen LogP contribution < -0.4 is 10.5 Å². The minimum absolute atomic E-state index is 0.0616. The van der Waals surface area contributed by atoms with Crippen LogP contribution in [0.4, 0.5) is 0 Å². The highest BCUT2D eigenvalue weighted by molar-refractivity contribution is 6.31. The van der Waals surface area contributed by atoms with Gasteiger partial charge < -0.3 is 20.7 Å². The minimum Gasteiger partial charge on any atom is -0.508 e. The zero-order valence-electron chi connectivity index (χ0n) is 12.4. The van der Waals surface area contributed by atoms with Crippen molar-refractivity contribution < 1.29 is 14.9 Å². The first-order valence-electron chi connectivity index (χ1n) is 6.66. The van der Waals surface area contributed by atoms with Gasteiger partial charge in [0.15, 0.2) is 0 Å². The van der Waals surface area contributed by atoms with E-state index in [4.69, 9.17) is 15.9 Å². The Morgan fingerprint density at radius 2 is 1.73 bits per heavy atom. The van der Waals surface area contributed by atoms with Gasteiger partial charge in [-0.15, -0.1) is 0 Å². The molecule has 0 aromatic heterocycles. The summed E-state index contributed by atoms with van der Waals surface area (Å²) in [4.78, 5) is 0. The van der Waals surface area contributed by atoms with Crippen molar-refractivity contribution in [3.8, 4) is 17.2 Å². The van der Waals surface area contributed by atoms with Gasteiger partial charge in [-0.05, 0) is 36.8 Å². The second-order valence-corrected chi connectivity index (χ2v) is 4.86. The van der Waals surface area contributed by atoms with E-state index in [0.29, 0.717) is 22.6 Å². The fraction of sp³-hybridized carbons (Fsp3) is 0.118. The number of aromatic hydroxyl groups is 2. The van der Waals surface area contributed by atoms with E-state index in [2.05, 4.69) is 0 Å².